The average molecular weight is 269 g/mol. The lowest BCUT2D eigenvalue weighted by Crippen LogP contribution is -3.00. The quantitative estimate of drug-likeness (QED) is 0.689. The lowest BCUT2D eigenvalue weighted by Gasteiger charge is -2.37. The van der Waals surface area contributed by atoms with Gasteiger partial charge in [0.25, 0.3) is 0 Å². The maximum Gasteiger partial charge on any atom is 0.170 e. The van der Waals surface area contributed by atoms with Crippen LogP contribution in [0.15, 0.2) is 30.3 Å². The molecule has 18 heavy (non-hydrogen) atoms. The van der Waals surface area contributed by atoms with Crippen molar-refractivity contribution in [1.82, 2.24) is 4.90 Å². The van der Waals surface area contributed by atoms with Gasteiger partial charge in [-0.3, -0.25) is 4.90 Å². The second kappa shape index (κ2) is 6.02. The molecule has 0 bridgehead atoms. The molecule has 3 rings (SSSR count). The van der Waals surface area contributed by atoms with E-state index in [2.05, 4.69) is 35.2 Å². The van der Waals surface area contributed by atoms with E-state index in [9.17, 15) is 0 Å². The van der Waals surface area contributed by atoms with Crippen molar-refractivity contribution in [3.05, 3.63) is 35.9 Å². The third-order valence-electron chi connectivity index (χ3n) is 3.68. The monoisotopic (exact) mass is 268 g/mol. The van der Waals surface area contributed by atoms with Crippen LogP contribution in [0.4, 0.5) is 0 Å². The van der Waals surface area contributed by atoms with Gasteiger partial charge in [-0.15, -0.1) is 0 Å². The molecule has 1 aromatic carbocycles. The van der Waals surface area contributed by atoms with Gasteiger partial charge in [0.15, 0.2) is 5.79 Å². The molecule has 0 aliphatic carbocycles. The predicted molar refractivity (Wildman–Crippen MR) is 65.6 cm³/mol. The van der Waals surface area contributed by atoms with Gasteiger partial charge in [0.2, 0.25) is 0 Å². The summed E-state index contributed by atoms with van der Waals surface area (Å²) in [6.45, 7) is 4.69. The van der Waals surface area contributed by atoms with E-state index in [1.165, 1.54) is 5.56 Å². The molecule has 0 amide bonds. The summed E-state index contributed by atoms with van der Waals surface area (Å²) < 4.78 is 11.5. The largest absolute Gasteiger partial charge is 1.00 e. The standard InChI is InChI=1S/C14H19NO2.ClH/c1-2-4-13(5-3-1)12-15-8-6-14(7-9-15)16-10-11-17-14;/h1-5H,6-12H2;1H/p-1. The SMILES string of the molecule is [Cl-].c1ccc(CN2CCC3(CC2)OCCO3)cc1. The van der Waals surface area contributed by atoms with Crippen molar-refractivity contribution in [1.29, 1.82) is 0 Å². The molecular formula is C14H19ClNO2-. The molecular weight excluding hydrogens is 250 g/mol. The Balaban J connectivity index is 0.00000120. The molecule has 2 aliphatic rings. The topological polar surface area (TPSA) is 21.7 Å². The van der Waals surface area contributed by atoms with Gasteiger partial charge >= 0.3 is 0 Å². The Hall–Kier alpha value is -0.610. The van der Waals surface area contributed by atoms with Gasteiger partial charge in [0.1, 0.15) is 0 Å². The zero-order chi connectivity index (χ0) is 11.6. The highest BCUT2D eigenvalue weighted by Crippen LogP contribution is 2.31. The van der Waals surface area contributed by atoms with Crippen molar-refractivity contribution in [3.63, 3.8) is 0 Å². The molecule has 0 atom stereocenters. The number of halogens is 1. The molecule has 2 heterocycles. The number of hydrogen-bond donors (Lipinski definition) is 0. The van der Waals surface area contributed by atoms with Crippen LogP contribution in [0.5, 0.6) is 0 Å². The number of rotatable bonds is 2. The zero-order valence-electron chi connectivity index (χ0n) is 10.5. The van der Waals surface area contributed by atoms with Crippen molar-refractivity contribution in [2.24, 2.45) is 0 Å². The minimum Gasteiger partial charge on any atom is -1.00 e. The molecule has 0 saturated carbocycles. The van der Waals surface area contributed by atoms with Crippen LogP contribution in [-0.2, 0) is 16.0 Å². The number of hydrogen-bond acceptors (Lipinski definition) is 3. The molecule has 0 N–H and O–H groups in total. The molecule has 0 unspecified atom stereocenters. The third-order valence-corrected chi connectivity index (χ3v) is 3.68. The van der Waals surface area contributed by atoms with E-state index in [0.29, 0.717) is 0 Å². The summed E-state index contributed by atoms with van der Waals surface area (Å²) in [5.41, 5.74) is 1.39. The minimum absolute atomic E-state index is 0. The van der Waals surface area contributed by atoms with Gasteiger partial charge in [-0.25, -0.2) is 0 Å². The molecule has 100 valence electrons. The number of piperidine rings is 1. The maximum atomic E-state index is 5.73. The molecule has 1 aromatic rings. The van der Waals surface area contributed by atoms with Crippen molar-refractivity contribution in [2.45, 2.75) is 25.2 Å². The van der Waals surface area contributed by atoms with E-state index in [1.54, 1.807) is 0 Å². The first-order valence-corrected chi connectivity index (χ1v) is 6.41. The van der Waals surface area contributed by atoms with Gasteiger partial charge in [0.05, 0.1) is 13.2 Å². The fraction of sp³-hybridized carbons (Fsp3) is 0.571. The number of likely N-dealkylation sites (tertiary alicyclic amines) is 1. The fourth-order valence-electron chi connectivity index (χ4n) is 2.68. The van der Waals surface area contributed by atoms with Gasteiger partial charge in [-0.1, -0.05) is 30.3 Å². The second-order valence-corrected chi connectivity index (χ2v) is 4.87. The minimum atomic E-state index is -0.243. The van der Waals surface area contributed by atoms with E-state index in [0.717, 1.165) is 45.7 Å². The van der Waals surface area contributed by atoms with Crippen LogP contribution in [0, 0.1) is 0 Å². The van der Waals surface area contributed by atoms with Crippen LogP contribution in [0.1, 0.15) is 18.4 Å². The smallest absolute Gasteiger partial charge is 0.170 e. The first-order chi connectivity index (χ1) is 8.36. The number of nitrogens with zero attached hydrogens (tertiary/aromatic N) is 1. The molecule has 2 saturated heterocycles. The van der Waals surface area contributed by atoms with Crippen LogP contribution in [-0.4, -0.2) is 37.0 Å². The molecule has 2 fully saturated rings. The van der Waals surface area contributed by atoms with E-state index in [1.807, 2.05) is 0 Å². The number of ether oxygens (including phenoxy) is 2. The lowest BCUT2D eigenvalue weighted by atomic mass is 10.0. The van der Waals surface area contributed by atoms with E-state index >= 15 is 0 Å². The highest BCUT2D eigenvalue weighted by Gasteiger charge is 2.39. The Morgan fingerprint density at radius 2 is 1.61 bits per heavy atom. The number of benzene rings is 1. The first kappa shape index (κ1) is 13.8. The van der Waals surface area contributed by atoms with Crippen LogP contribution < -0.4 is 12.4 Å². The average Bonchev–Trinajstić information content (AvgIpc) is 2.83. The fourth-order valence-corrected chi connectivity index (χ4v) is 2.68. The summed E-state index contributed by atoms with van der Waals surface area (Å²) >= 11 is 0. The van der Waals surface area contributed by atoms with Gasteiger partial charge in [0, 0.05) is 32.5 Å². The lowest BCUT2D eigenvalue weighted by molar-refractivity contribution is -0.185. The van der Waals surface area contributed by atoms with Crippen LogP contribution in [0.3, 0.4) is 0 Å². The van der Waals surface area contributed by atoms with Crippen molar-refractivity contribution in [3.8, 4) is 0 Å². The van der Waals surface area contributed by atoms with E-state index in [-0.39, 0.29) is 18.2 Å². The Kier molecular flexibility index (Phi) is 4.62. The first-order valence-electron chi connectivity index (χ1n) is 6.41. The summed E-state index contributed by atoms with van der Waals surface area (Å²) in [6.07, 6.45) is 2.00. The van der Waals surface area contributed by atoms with E-state index in [4.69, 9.17) is 9.47 Å². The molecule has 3 nitrogen and oxygen atoms in total. The molecule has 4 heteroatoms. The van der Waals surface area contributed by atoms with Crippen LogP contribution in [0.2, 0.25) is 0 Å². The van der Waals surface area contributed by atoms with E-state index < -0.39 is 0 Å². The van der Waals surface area contributed by atoms with Crippen molar-refractivity contribution < 1.29 is 21.9 Å². The summed E-state index contributed by atoms with van der Waals surface area (Å²) in [6, 6.07) is 10.6. The predicted octanol–water partition coefficient (Wildman–Crippen LogP) is -0.970. The zero-order valence-corrected chi connectivity index (χ0v) is 11.2. The Bertz CT molecular complexity index is 355. The highest BCUT2D eigenvalue weighted by atomic mass is 35.5. The third kappa shape index (κ3) is 3.04. The van der Waals surface area contributed by atoms with Crippen LogP contribution >= 0.6 is 0 Å². The van der Waals surface area contributed by atoms with Gasteiger partial charge in [-0.2, -0.15) is 0 Å². The Morgan fingerprint density at radius 3 is 2.22 bits per heavy atom. The summed E-state index contributed by atoms with van der Waals surface area (Å²) in [5, 5.41) is 0. The second-order valence-electron chi connectivity index (χ2n) is 4.87. The van der Waals surface area contributed by atoms with Crippen molar-refractivity contribution in [2.75, 3.05) is 26.3 Å². The molecule has 1 spiro atoms. The van der Waals surface area contributed by atoms with Crippen LogP contribution in [0.25, 0.3) is 0 Å². The normalized spacial score (nSPS) is 22.9. The summed E-state index contributed by atoms with van der Waals surface area (Å²) in [5.74, 6) is -0.243. The van der Waals surface area contributed by atoms with Gasteiger partial charge in [-0.05, 0) is 5.56 Å². The summed E-state index contributed by atoms with van der Waals surface area (Å²) in [7, 11) is 0. The van der Waals surface area contributed by atoms with Crippen molar-refractivity contribution >= 4 is 0 Å². The van der Waals surface area contributed by atoms with Gasteiger partial charge < -0.3 is 21.9 Å². The molecule has 0 aromatic heterocycles. The Morgan fingerprint density at radius 1 is 1.00 bits per heavy atom. The summed E-state index contributed by atoms with van der Waals surface area (Å²) in [4.78, 5) is 2.48. The highest BCUT2D eigenvalue weighted by molar-refractivity contribution is 5.14. The Labute approximate surface area is 114 Å². The molecule has 0 radical (unpaired) electrons. The molecule has 2 aliphatic heterocycles. The maximum absolute atomic E-state index is 5.73.